The van der Waals surface area contributed by atoms with E-state index < -0.39 is 17.7 Å². The number of carbonyl (C=O) groups is 1. The molecule has 5 heteroatoms. The standard InChI is InChI=1S/C12H15ClFNO2/c1-7(2)9(12(16)17)6-15-11-5-8(13)3-4-10(11)14/h3-5,7,9,15H,6H2,1-2H3,(H,16,17). The number of halogens is 2. The topological polar surface area (TPSA) is 49.3 Å². The minimum absolute atomic E-state index is 0.0257. The van der Waals surface area contributed by atoms with E-state index in [1.165, 1.54) is 18.2 Å². The van der Waals surface area contributed by atoms with E-state index in [1.807, 2.05) is 13.8 Å². The van der Waals surface area contributed by atoms with Crippen LogP contribution in [0.1, 0.15) is 13.8 Å². The van der Waals surface area contributed by atoms with E-state index >= 15 is 0 Å². The molecule has 94 valence electrons. The van der Waals surface area contributed by atoms with Gasteiger partial charge in [0.1, 0.15) is 5.82 Å². The fraction of sp³-hybridized carbons (Fsp3) is 0.417. The van der Waals surface area contributed by atoms with Gasteiger partial charge in [-0.15, -0.1) is 0 Å². The molecule has 0 spiro atoms. The molecule has 0 heterocycles. The maximum Gasteiger partial charge on any atom is 0.308 e. The molecule has 2 N–H and O–H groups in total. The van der Waals surface area contributed by atoms with Crippen LogP contribution in [0.15, 0.2) is 18.2 Å². The lowest BCUT2D eigenvalue weighted by atomic mass is 9.96. The number of anilines is 1. The number of rotatable bonds is 5. The van der Waals surface area contributed by atoms with Crippen LogP contribution in [0.25, 0.3) is 0 Å². The van der Waals surface area contributed by atoms with Crippen LogP contribution in [0.5, 0.6) is 0 Å². The number of nitrogens with one attached hydrogen (secondary N) is 1. The second-order valence-electron chi connectivity index (χ2n) is 4.19. The van der Waals surface area contributed by atoms with Gasteiger partial charge in [0.25, 0.3) is 0 Å². The van der Waals surface area contributed by atoms with Crippen LogP contribution >= 0.6 is 11.6 Å². The molecular formula is C12H15ClFNO2. The molecule has 0 saturated carbocycles. The van der Waals surface area contributed by atoms with E-state index in [0.29, 0.717) is 5.02 Å². The van der Waals surface area contributed by atoms with Gasteiger partial charge in [-0.25, -0.2) is 4.39 Å². The van der Waals surface area contributed by atoms with Crippen molar-refractivity contribution < 1.29 is 14.3 Å². The number of aliphatic carboxylic acids is 1. The first-order chi connectivity index (χ1) is 7.91. The van der Waals surface area contributed by atoms with E-state index in [-0.39, 0.29) is 18.2 Å². The lowest BCUT2D eigenvalue weighted by molar-refractivity contribution is -0.142. The Hall–Kier alpha value is -1.29. The third kappa shape index (κ3) is 3.89. The Morgan fingerprint density at radius 1 is 1.53 bits per heavy atom. The van der Waals surface area contributed by atoms with E-state index in [4.69, 9.17) is 16.7 Å². The normalized spacial score (nSPS) is 12.5. The molecule has 1 rings (SSSR count). The smallest absolute Gasteiger partial charge is 0.308 e. The highest BCUT2D eigenvalue weighted by Crippen LogP contribution is 2.21. The summed E-state index contributed by atoms with van der Waals surface area (Å²) in [6.07, 6.45) is 0. The molecule has 0 aliphatic carbocycles. The van der Waals surface area contributed by atoms with Crippen molar-refractivity contribution in [3.63, 3.8) is 0 Å². The molecule has 17 heavy (non-hydrogen) atoms. The van der Waals surface area contributed by atoms with Gasteiger partial charge in [0, 0.05) is 11.6 Å². The first-order valence-corrected chi connectivity index (χ1v) is 5.71. The fourth-order valence-electron chi connectivity index (χ4n) is 1.46. The summed E-state index contributed by atoms with van der Waals surface area (Å²) in [7, 11) is 0. The van der Waals surface area contributed by atoms with Crippen LogP contribution in [0.3, 0.4) is 0 Å². The van der Waals surface area contributed by atoms with Crippen LogP contribution in [0, 0.1) is 17.7 Å². The number of benzene rings is 1. The van der Waals surface area contributed by atoms with Crippen LogP contribution in [-0.4, -0.2) is 17.6 Å². The van der Waals surface area contributed by atoms with Crippen molar-refractivity contribution in [2.24, 2.45) is 11.8 Å². The highest BCUT2D eigenvalue weighted by atomic mass is 35.5. The zero-order chi connectivity index (χ0) is 13.0. The quantitative estimate of drug-likeness (QED) is 0.853. The summed E-state index contributed by atoms with van der Waals surface area (Å²) < 4.78 is 13.4. The zero-order valence-corrected chi connectivity index (χ0v) is 10.5. The summed E-state index contributed by atoms with van der Waals surface area (Å²) in [4.78, 5) is 11.0. The summed E-state index contributed by atoms with van der Waals surface area (Å²) in [5, 5.41) is 12.2. The second kappa shape index (κ2) is 5.87. The minimum Gasteiger partial charge on any atom is -0.481 e. The van der Waals surface area contributed by atoms with Crippen molar-refractivity contribution in [1.82, 2.24) is 0 Å². The van der Waals surface area contributed by atoms with E-state index in [9.17, 15) is 9.18 Å². The van der Waals surface area contributed by atoms with Crippen molar-refractivity contribution in [1.29, 1.82) is 0 Å². The Morgan fingerprint density at radius 3 is 2.71 bits per heavy atom. The zero-order valence-electron chi connectivity index (χ0n) is 9.71. The van der Waals surface area contributed by atoms with Gasteiger partial charge in [-0.3, -0.25) is 4.79 Å². The molecule has 0 aromatic heterocycles. The average Bonchev–Trinajstić information content (AvgIpc) is 2.22. The highest BCUT2D eigenvalue weighted by molar-refractivity contribution is 6.30. The Morgan fingerprint density at radius 2 is 2.18 bits per heavy atom. The Kier molecular flexibility index (Phi) is 4.75. The Labute approximate surface area is 105 Å². The average molecular weight is 260 g/mol. The van der Waals surface area contributed by atoms with E-state index in [2.05, 4.69) is 5.32 Å². The predicted molar refractivity (Wildman–Crippen MR) is 65.9 cm³/mol. The second-order valence-corrected chi connectivity index (χ2v) is 4.63. The molecule has 0 bridgehead atoms. The molecule has 0 fully saturated rings. The summed E-state index contributed by atoms with van der Waals surface area (Å²) in [6.45, 7) is 3.80. The SMILES string of the molecule is CC(C)C(CNc1cc(Cl)ccc1F)C(=O)O. The van der Waals surface area contributed by atoms with Gasteiger partial charge >= 0.3 is 5.97 Å². The highest BCUT2D eigenvalue weighted by Gasteiger charge is 2.21. The third-order valence-electron chi connectivity index (χ3n) is 2.56. The molecule has 1 aromatic carbocycles. The molecule has 0 aliphatic rings. The number of carboxylic acid groups (broad SMARTS) is 1. The van der Waals surface area contributed by atoms with Gasteiger partial charge in [0.2, 0.25) is 0 Å². The number of carboxylic acids is 1. The molecule has 3 nitrogen and oxygen atoms in total. The lowest BCUT2D eigenvalue weighted by Gasteiger charge is -2.17. The molecule has 0 radical (unpaired) electrons. The largest absolute Gasteiger partial charge is 0.481 e. The maximum atomic E-state index is 13.4. The number of hydrogen-bond donors (Lipinski definition) is 2. The molecule has 1 atom stereocenters. The molecule has 0 amide bonds. The summed E-state index contributed by atoms with van der Waals surface area (Å²) in [5.74, 6) is -1.92. The monoisotopic (exact) mass is 259 g/mol. The van der Waals surface area contributed by atoms with Crippen molar-refractivity contribution in [3.8, 4) is 0 Å². The van der Waals surface area contributed by atoms with Crippen molar-refractivity contribution in [3.05, 3.63) is 29.0 Å². The number of hydrogen-bond acceptors (Lipinski definition) is 2. The predicted octanol–water partition coefficient (Wildman–Crippen LogP) is 3.25. The molecule has 0 aliphatic heterocycles. The minimum atomic E-state index is -0.894. The first-order valence-electron chi connectivity index (χ1n) is 5.33. The Balaban J connectivity index is 2.72. The fourth-order valence-corrected chi connectivity index (χ4v) is 1.63. The van der Waals surface area contributed by atoms with Crippen LogP contribution < -0.4 is 5.32 Å². The van der Waals surface area contributed by atoms with E-state index in [0.717, 1.165) is 0 Å². The van der Waals surface area contributed by atoms with Crippen molar-refractivity contribution in [2.45, 2.75) is 13.8 Å². The van der Waals surface area contributed by atoms with Crippen LogP contribution in [0.2, 0.25) is 5.02 Å². The van der Waals surface area contributed by atoms with Gasteiger partial charge in [-0.1, -0.05) is 25.4 Å². The maximum absolute atomic E-state index is 13.4. The van der Waals surface area contributed by atoms with Gasteiger partial charge in [0.05, 0.1) is 11.6 Å². The molecule has 1 unspecified atom stereocenters. The van der Waals surface area contributed by atoms with Crippen LogP contribution in [-0.2, 0) is 4.79 Å². The first kappa shape index (κ1) is 13.8. The van der Waals surface area contributed by atoms with E-state index in [1.54, 1.807) is 0 Å². The summed E-state index contributed by atoms with van der Waals surface area (Å²) in [5.41, 5.74) is 0.226. The lowest BCUT2D eigenvalue weighted by Crippen LogP contribution is -2.27. The van der Waals surface area contributed by atoms with Gasteiger partial charge in [-0.05, 0) is 24.1 Å². The van der Waals surface area contributed by atoms with Gasteiger partial charge in [-0.2, -0.15) is 0 Å². The van der Waals surface area contributed by atoms with Crippen LogP contribution in [0.4, 0.5) is 10.1 Å². The van der Waals surface area contributed by atoms with Crippen molar-refractivity contribution >= 4 is 23.3 Å². The summed E-state index contributed by atoms with van der Waals surface area (Å²) >= 11 is 5.73. The van der Waals surface area contributed by atoms with Crippen molar-refractivity contribution in [2.75, 3.05) is 11.9 Å². The summed E-state index contributed by atoms with van der Waals surface area (Å²) in [6, 6.07) is 4.13. The third-order valence-corrected chi connectivity index (χ3v) is 2.80. The Bertz CT molecular complexity index is 409. The molecule has 0 saturated heterocycles. The molecule has 1 aromatic rings. The van der Waals surface area contributed by atoms with Gasteiger partial charge < -0.3 is 10.4 Å². The molecular weight excluding hydrogens is 245 g/mol. The van der Waals surface area contributed by atoms with Gasteiger partial charge in [0.15, 0.2) is 0 Å².